The molecule has 148 valence electrons. The first-order valence-corrected chi connectivity index (χ1v) is 10.4. The van der Waals surface area contributed by atoms with Crippen LogP contribution in [0.1, 0.15) is 44.6 Å². The van der Waals surface area contributed by atoms with E-state index < -0.39 is 23.4 Å². The predicted molar refractivity (Wildman–Crippen MR) is 104 cm³/mol. The monoisotopic (exact) mass is 439 g/mol. The molecule has 0 heterocycles. The number of hydrogen-bond acceptors (Lipinski definition) is 5. The smallest absolute Gasteiger partial charge is 0.361 e. The van der Waals surface area contributed by atoms with Gasteiger partial charge in [-0.1, -0.05) is 65.5 Å². The number of carbonyl (C=O) groups is 3. The zero-order chi connectivity index (χ0) is 19.7. The highest BCUT2D eigenvalue weighted by atomic mass is 79.9. The van der Waals surface area contributed by atoms with Crippen LogP contribution in [0.25, 0.3) is 0 Å². The quantitative estimate of drug-likeness (QED) is 0.382. The van der Waals surface area contributed by atoms with E-state index in [9.17, 15) is 14.4 Å². The van der Waals surface area contributed by atoms with Crippen molar-refractivity contribution in [3.8, 4) is 0 Å². The molecule has 1 amide bonds. The van der Waals surface area contributed by atoms with E-state index in [0.717, 1.165) is 37.7 Å². The second-order valence-electron chi connectivity index (χ2n) is 6.63. The number of hydrogen-bond donors (Lipinski definition) is 1. The van der Waals surface area contributed by atoms with Crippen molar-refractivity contribution in [2.75, 3.05) is 11.9 Å². The van der Waals surface area contributed by atoms with Crippen molar-refractivity contribution in [1.82, 2.24) is 5.32 Å². The van der Waals surface area contributed by atoms with E-state index in [1.54, 1.807) is 19.1 Å². The number of ether oxygens (including phenoxy) is 2. The normalized spacial score (nSPS) is 16.8. The van der Waals surface area contributed by atoms with Gasteiger partial charge < -0.3 is 14.8 Å². The molecule has 0 saturated heterocycles. The second kappa shape index (κ2) is 10.4. The molecule has 1 aromatic carbocycles. The van der Waals surface area contributed by atoms with Crippen molar-refractivity contribution < 1.29 is 23.9 Å². The van der Waals surface area contributed by atoms with Gasteiger partial charge in [0.15, 0.2) is 0 Å². The molecule has 1 aliphatic rings. The molecule has 1 aromatic rings. The average molecular weight is 440 g/mol. The molecule has 27 heavy (non-hydrogen) atoms. The lowest BCUT2D eigenvalue weighted by atomic mass is 9.94. The molecule has 6 nitrogen and oxygen atoms in total. The van der Waals surface area contributed by atoms with Crippen molar-refractivity contribution in [2.45, 2.75) is 57.1 Å². The Morgan fingerprint density at radius 2 is 1.81 bits per heavy atom. The number of rotatable bonds is 8. The highest BCUT2D eigenvalue weighted by molar-refractivity contribution is 9.09. The van der Waals surface area contributed by atoms with Gasteiger partial charge in [-0.05, 0) is 25.3 Å². The van der Waals surface area contributed by atoms with Gasteiger partial charge in [0.05, 0.1) is 18.4 Å². The predicted octanol–water partition coefficient (Wildman–Crippen LogP) is 2.92. The number of nitrogens with one attached hydrogen (secondary N) is 1. The molecule has 0 spiro atoms. The minimum Gasteiger partial charge on any atom is -0.463 e. The standard InChI is InChI=1S/C20H26BrNO5/c1-2-26-19(25)20(14-21,18(24)22-16-11-7-4-8-12-16)27-17(23)13-15-9-5-3-6-10-15/h3,5-6,9-10,16H,2,4,7-8,11-14H2,1H3,(H,22,24). The summed E-state index contributed by atoms with van der Waals surface area (Å²) in [6.45, 7) is 1.72. The van der Waals surface area contributed by atoms with Crippen molar-refractivity contribution >= 4 is 33.8 Å². The summed E-state index contributed by atoms with van der Waals surface area (Å²) in [5.74, 6) is -2.16. The molecular formula is C20H26BrNO5. The van der Waals surface area contributed by atoms with Crippen molar-refractivity contribution in [3.63, 3.8) is 0 Å². The van der Waals surface area contributed by atoms with Crippen LogP contribution in [-0.2, 0) is 30.3 Å². The molecule has 2 rings (SSSR count). The van der Waals surface area contributed by atoms with Crippen molar-refractivity contribution in [3.05, 3.63) is 35.9 Å². The lowest BCUT2D eigenvalue weighted by molar-refractivity contribution is -0.183. The number of amides is 1. The minimum atomic E-state index is -2.03. The van der Waals surface area contributed by atoms with Crippen LogP contribution in [0.2, 0.25) is 0 Å². The SMILES string of the molecule is CCOC(=O)C(CBr)(OC(=O)Cc1ccccc1)C(=O)NC1CCCCC1. The fourth-order valence-corrected chi connectivity index (χ4v) is 3.71. The molecule has 1 aliphatic carbocycles. The molecule has 1 N–H and O–H groups in total. The Kier molecular flexibility index (Phi) is 8.28. The summed E-state index contributed by atoms with van der Waals surface area (Å²) in [6.07, 6.45) is 4.86. The summed E-state index contributed by atoms with van der Waals surface area (Å²) >= 11 is 3.18. The number of benzene rings is 1. The summed E-state index contributed by atoms with van der Waals surface area (Å²) in [5.41, 5.74) is -1.29. The van der Waals surface area contributed by atoms with Crippen LogP contribution < -0.4 is 5.32 Å². The minimum absolute atomic E-state index is 0.0214. The third-order valence-electron chi connectivity index (χ3n) is 4.58. The number of halogens is 1. The average Bonchev–Trinajstić information content (AvgIpc) is 2.67. The molecule has 0 aromatic heterocycles. The lowest BCUT2D eigenvalue weighted by Crippen LogP contribution is -2.59. The number of carbonyl (C=O) groups excluding carboxylic acids is 3. The maximum absolute atomic E-state index is 12.9. The Balaban J connectivity index is 2.16. The van der Waals surface area contributed by atoms with Gasteiger partial charge >= 0.3 is 11.9 Å². The zero-order valence-electron chi connectivity index (χ0n) is 15.5. The second-order valence-corrected chi connectivity index (χ2v) is 7.19. The summed E-state index contributed by atoms with van der Waals surface area (Å²) in [6, 6.07) is 9.00. The van der Waals surface area contributed by atoms with E-state index in [4.69, 9.17) is 9.47 Å². The first-order chi connectivity index (χ1) is 13.0. The van der Waals surface area contributed by atoms with E-state index in [1.807, 2.05) is 18.2 Å². The van der Waals surface area contributed by atoms with Crippen LogP contribution in [0.3, 0.4) is 0 Å². The molecular weight excluding hydrogens is 414 g/mol. The van der Waals surface area contributed by atoms with E-state index in [2.05, 4.69) is 21.2 Å². The molecule has 0 bridgehead atoms. The third kappa shape index (κ3) is 5.79. The lowest BCUT2D eigenvalue weighted by Gasteiger charge is -2.31. The maximum atomic E-state index is 12.9. The largest absolute Gasteiger partial charge is 0.463 e. The molecule has 7 heteroatoms. The third-order valence-corrected chi connectivity index (χ3v) is 5.37. The van der Waals surface area contributed by atoms with Crippen LogP contribution in [-0.4, -0.2) is 41.4 Å². The van der Waals surface area contributed by atoms with Crippen LogP contribution in [0.5, 0.6) is 0 Å². The van der Waals surface area contributed by atoms with E-state index in [-0.39, 0.29) is 24.4 Å². The van der Waals surface area contributed by atoms with Crippen molar-refractivity contribution in [2.24, 2.45) is 0 Å². The van der Waals surface area contributed by atoms with Gasteiger partial charge in [-0.15, -0.1) is 0 Å². The van der Waals surface area contributed by atoms with E-state index in [0.29, 0.717) is 0 Å². The van der Waals surface area contributed by atoms with Gasteiger partial charge in [-0.3, -0.25) is 9.59 Å². The van der Waals surface area contributed by atoms with Gasteiger partial charge in [0.2, 0.25) is 0 Å². The molecule has 1 fully saturated rings. The van der Waals surface area contributed by atoms with E-state index in [1.165, 1.54) is 0 Å². The summed E-state index contributed by atoms with van der Waals surface area (Å²) in [4.78, 5) is 38.0. The van der Waals surface area contributed by atoms with Gasteiger partial charge in [-0.2, -0.15) is 0 Å². The molecule has 0 radical (unpaired) electrons. The van der Waals surface area contributed by atoms with Gasteiger partial charge in [0.1, 0.15) is 0 Å². The zero-order valence-corrected chi connectivity index (χ0v) is 17.1. The fraction of sp³-hybridized carbons (Fsp3) is 0.550. The van der Waals surface area contributed by atoms with Gasteiger partial charge in [0, 0.05) is 6.04 Å². The Bertz CT molecular complexity index is 645. The van der Waals surface area contributed by atoms with Crippen LogP contribution in [0.4, 0.5) is 0 Å². The van der Waals surface area contributed by atoms with Crippen molar-refractivity contribution in [1.29, 1.82) is 0 Å². The summed E-state index contributed by atoms with van der Waals surface area (Å²) < 4.78 is 10.5. The molecule has 1 unspecified atom stereocenters. The topological polar surface area (TPSA) is 81.7 Å². The Hall–Kier alpha value is -1.89. The Labute approximate surface area is 168 Å². The Morgan fingerprint density at radius 1 is 1.15 bits per heavy atom. The molecule has 0 aliphatic heterocycles. The highest BCUT2D eigenvalue weighted by Gasteiger charge is 2.51. The molecule has 1 atom stereocenters. The summed E-state index contributed by atoms with van der Waals surface area (Å²) in [7, 11) is 0. The maximum Gasteiger partial charge on any atom is 0.361 e. The van der Waals surface area contributed by atoms with Crippen LogP contribution in [0, 0.1) is 0 Å². The first-order valence-electron chi connectivity index (χ1n) is 9.31. The molecule has 1 saturated carbocycles. The summed E-state index contributed by atoms with van der Waals surface area (Å²) in [5, 5.41) is 2.70. The fourth-order valence-electron chi connectivity index (χ4n) is 3.11. The van der Waals surface area contributed by atoms with Crippen LogP contribution in [0.15, 0.2) is 30.3 Å². The van der Waals surface area contributed by atoms with Gasteiger partial charge in [0.25, 0.3) is 11.5 Å². The van der Waals surface area contributed by atoms with Gasteiger partial charge in [-0.25, -0.2) is 4.79 Å². The van der Waals surface area contributed by atoms with Crippen LogP contribution >= 0.6 is 15.9 Å². The number of esters is 2. The first kappa shape index (κ1) is 21.4. The van der Waals surface area contributed by atoms with E-state index >= 15 is 0 Å². The highest BCUT2D eigenvalue weighted by Crippen LogP contribution is 2.23. The Morgan fingerprint density at radius 3 is 2.41 bits per heavy atom. The number of alkyl halides is 1.